The van der Waals surface area contributed by atoms with Crippen molar-refractivity contribution >= 4 is 22.9 Å². The van der Waals surface area contributed by atoms with E-state index >= 15 is 0 Å². The van der Waals surface area contributed by atoms with Crippen LogP contribution in [0.3, 0.4) is 0 Å². The Bertz CT molecular complexity index is 529. The van der Waals surface area contributed by atoms with Gasteiger partial charge in [0.1, 0.15) is 5.82 Å². The summed E-state index contributed by atoms with van der Waals surface area (Å²) in [7, 11) is 0. The molecule has 2 aromatic rings. The number of aliphatic hydroxyl groups excluding tert-OH is 1. The molecule has 0 aliphatic heterocycles. The lowest BCUT2D eigenvalue weighted by molar-refractivity contribution is 0.181. The van der Waals surface area contributed by atoms with Crippen LogP contribution in [0.1, 0.15) is 22.2 Å². The number of benzene rings is 1. The molecule has 5 heteroatoms. The van der Waals surface area contributed by atoms with Gasteiger partial charge in [-0.05, 0) is 24.6 Å². The van der Waals surface area contributed by atoms with Crippen molar-refractivity contribution in [2.24, 2.45) is 0 Å². The predicted molar refractivity (Wildman–Crippen MR) is 66.9 cm³/mol. The van der Waals surface area contributed by atoms with E-state index in [4.69, 9.17) is 11.6 Å². The number of aromatic nitrogens is 1. The first-order chi connectivity index (χ1) is 8.08. The number of hydrogen-bond acceptors (Lipinski definition) is 3. The molecular weight excluding hydrogens is 261 g/mol. The van der Waals surface area contributed by atoms with Crippen LogP contribution in [0.4, 0.5) is 4.39 Å². The van der Waals surface area contributed by atoms with Crippen LogP contribution in [0.5, 0.6) is 0 Å². The minimum absolute atomic E-state index is 0.0946. The molecule has 1 atom stereocenters. The number of aryl methyl sites for hydroxylation is 1. The van der Waals surface area contributed by atoms with Crippen molar-refractivity contribution in [1.29, 1.82) is 0 Å². The lowest BCUT2D eigenvalue weighted by Crippen LogP contribution is -2.01. The van der Waals surface area contributed by atoms with Gasteiger partial charge in [-0.2, -0.15) is 0 Å². The quantitative estimate of drug-likeness (QED) is 0.927. The molecule has 0 saturated heterocycles. The summed E-state index contributed by atoms with van der Waals surface area (Å²) in [6.07, 6.45) is -0.292. The summed E-state index contributed by atoms with van der Waals surface area (Å²) in [5.74, 6) is -0.461. The average molecular weight is 272 g/mol. The summed E-state index contributed by atoms with van der Waals surface area (Å²) in [5, 5.41) is 10.1. The topological polar surface area (TPSA) is 33.1 Å². The smallest absolute Gasteiger partial charge is 0.142 e. The second-order valence-electron chi connectivity index (χ2n) is 3.77. The van der Waals surface area contributed by atoms with Gasteiger partial charge in [-0.1, -0.05) is 17.7 Å². The normalized spacial score (nSPS) is 12.7. The number of halogens is 2. The minimum atomic E-state index is -0.650. The van der Waals surface area contributed by atoms with Gasteiger partial charge < -0.3 is 5.11 Å². The van der Waals surface area contributed by atoms with E-state index in [1.807, 2.05) is 6.92 Å². The Morgan fingerprint density at radius 2 is 2.29 bits per heavy atom. The first-order valence-corrected chi connectivity index (χ1v) is 6.35. The molecule has 1 heterocycles. The first-order valence-electron chi connectivity index (χ1n) is 5.10. The van der Waals surface area contributed by atoms with Gasteiger partial charge >= 0.3 is 0 Å². The molecule has 1 aromatic carbocycles. The summed E-state index contributed by atoms with van der Waals surface area (Å²) in [6.45, 7) is 1.84. The predicted octanol–water partition coefficient (Wildman–Crippen LogP) is 3.52. The van der Waals surface area contributed by atoms with E-state index in [1.165, 1.54) is 23.5 Å². The average Bonchev–Trinajstić information content (AvgIpc) is 2.70. The maximum Gasteiger partial charge on any atom is 0.142 e. The van der Waals surface area contributed by atoms with Crippen molar-refractivity contribution in [3.05, 3.63) is 50.7 Å². The molecule has 2 rings (SSSR count). The highest BCUT2D eigenvalue weighted by Crippen LogP contribution is 2.26. The van der Waals surface area contributed by atoms with Crippen LogP contribution in [0, 0.1) is 12.7 Å². The van der Waals surface area contributed by atoms with Crippen LogP contribution < -0.4 is 0 Å². The van der Waals surface area contributed by atoms with E-state index in [-0.39, 0.29) is 5.02 Å². The number of thiazole rings is 1. The fourth-order valence-corrected chi connectivity index (χ4v) is 2.52. The number of rotatable bonds is 3. The zero-order valence-electron chi connectivity index (χ0n) is 9.15. The minimum Gasteiger partial charge on any atom is -0.387 e. The Morgan fingerprint density at radius 3 is 2.88 bits per heavy atom. The molecule has 0 bridgehead atoms. The van der Waals surface area contributed by atoms with Gasteiger partial charge in [-0.25, -0.2) is 9.37 Å². The van der Waals surface area contributed by atoms with Gasteiger partial charge in [-0.15, -0.1) is 11.3 Å². The third-order valence-electron chi connectivity index (χ3n) is 2.50. The monoisotopic (exact) mass is 271 g/mol. The number of nitrogens with zero attached hydrogens (tertiary/aromatic N) is 1. The van der Waals surface area contributed by atoms with Crippen LogP contribution in [-0.2, 0) is 6.42 Å². The highest BCUT2D eigenvalue weighted by atomic mass is 35.5. The van der Waals surface area contributed by atoms with E-state index in [2.05, 4.69) is 4.98 Å². The lowest BCUT2D eigenvalue weighted by Gasteiger charge is -2.09. The molecule has 2 nitrogen and oxygen atoms in total. The summed E-state index contributed by atoms with van der Waals surface area (Å²) >= 11 is 7.00. The summed E-state index contributed by atoms with van der Waals surface area (Å²) in [4.78, 5) is 4.89. The Balaban J connectivity index is 2.16. The van der Waals surface area contributed by atoms with Crippen molar-refractivity contribution in [1.82, 2.24) is 4.98 Å². The summed E-state index contributed by atoms with van der Waals surface area (Å²) in [5.41, 5.74) is 3.22. The number of aliphatic hydroxyl groups is 1. The van der Waals surface area contributed by atoms with E-state index in [0.717, 1.165) is 10.6 Å². The van der Waals surface area contributed by atoms with E-state index in [9.17, 15) is 9.50 Å². The van der Waals surface area contributed by atoms with Crippen LogP contribution in [-0.4, -0.2) is 10.1 Å². The van der Waals surface area contributed by atoms with Crippen molar-refractivity contribution < 1.29 is 9.50 Å². The third kappa shape index (κ3) is 2.83. The first kappa shape index (κ1) is 12.5. The molecular formula is C12H11ClFNOS. The maximum atomic E-state index is 13.2. The zero-order valence-corrected chi connectivity index (χ0v) is 10.7. The second kappa shape index (κ2) is 5.12. The molecule has 0 fully saturated rings. The second-order valence-corrected chi connectivity index (χ2v) is 5.06. The van der Waals surface area contributed by atoms with Crippen LogP contribution in [0.2, 0.25) is 5.02 Å². The van der Waals surface area contributed by atoms with Crippen LogP contribution in [0.15, 0.2) is 23.7 Å². The molecule has 0 radical (unpaired) electrons. The van der Waals surface area contributed by atoms with Gasteiger partial charge in [0.2, 0.25) is 0 Å². The molecule has 1 N–H and O–H groups in total. The molecule has 90 valence electrons. The standard InChI is InChI=1S/C12H11ClFNOS/c1-7-12(17-6-15-7)11(16)5-8-2-3-9(13)10(14)4-8/h2-4,6,11,16H,5H2,1H3. The summed E-state index contributed by atoms with van der Waals surface area (Å²) < 4.78 is 13.2. The van der Waals surface area contributed by atoms with Gasteiger partial charge in [0.25, 0.3) is 0 Å². The molecule has 0 spiro atoms. The highest BCUT2D eigenvalue weighted by molar-refractivity contribution is 7.09. The van der Waals surface area contributed by atoms with Crippen LogP contribution in [0.25, 0.3) is 0 Å². The maximum absolute atomic E-state index is 13.2. The molecule has 0 amide bonds. The Labute approximate surface area is 108 Å². The van der Waals surface area contributed by atoms with Crippen molar-refractivity contribution in [3.8, 4) is 0 Å². The highest BCUT2D eigenvalue weighted by Gasteiger charge is 2.14. The fraction of sp³-hybridized carbons (Fsp3) is 0.250. The lowest BCUT2D eigenvalue weighted by atomic mass is 10.1. The molecule has 0 aliphatic rings. The summed E-state index contributed by atoms with van der Waals surface area (Å²) in [6, 6.07) is 4.56. The number of hydrogen-bond donors (Lipinski definition) is 1. The van der Waals surface area contributed by atoms with Crippen molar-refractivity contribution in [3.63, 3.8) is 0 Å². The Kier molecular flexibility index (Phi) is 3.76. The largest absolute Gasteiger partial charge is 0.387 e. The van der Waals surface area contributed by atoms with Crippen molar-refractivity contribution in [2.45, 2.75) is 19.4 Å². The van der Waals surface area contributed by atoms with Crippen LogP contribution >= 0.6 is 22.9 Å². The molecule has 0 aliphatic carbocycles. The SMILES string of the molecule is Cc1ncsc1C(O)Cc1ccc(Cl)c(F)c1. The molecule has 1 aromatic heterocycles. The van der Waals surface area contributed by atoms with E-state index < -0.39 is 11.9 Å². The van der Waals surface area contributed by atoms with Gasteiger partial charge in [-0.3, -0.25) is 0 Å². The van der Waals surface area contributed by atoms with E-state index in [1.54, 1.807) is 11.6 Å². The fourth-order valence-electron chi connectivity index (χ4n) is 1.61. The third-order valence-corrected chi connectivity index (χ3v) is 3.84. The molecule has 1 unspecified atom stereocenters. The van der Waals surface area contributed by atoms with Crippen molar-refractivity contribution in [2.75, 3.05) is 0 Å². The van der Waals surface area contributed by atoms with Gasteiger partial charge in [0.15, 0.2) is 0 Å². The molecule has 0 saturated carbocycles. The Hall–Kier alpha value is -0.970. The zero-order chi connectivity index (χ0) is 12.4. The van der Waals surface area contributed by atoms with Gasteiger partial charge in [0, 0.05) is 6.42 Å². The van der Waals surface area contributed by atoms with E-state index in [0.29, 0.717) is 12.0 Å². The molecule has 17 heavy (non-hydrogen) atoms. The van der Waals surface area contributed by atoms with Gasteiger partial charge in [0.05, 0.1) is 27.2 Å². The Morgan fingerprint density at radius 1 is 1.53 bits per heavy atom.